The maximum absolute atomic E-state index is 13.9. The fourth-order valence-corrected chi connectivity index (χ4v) is 4.76. The van der Waals surface area contributed by atoms with Crippen LogP contribution in [-0.4, -0.2) is 72.3 Å². The summed E-state index contributed by atoms with van der Waals surface area (Å²) in [6.07, 6.45) is -0.724. The SMILES string of the molecule is CN(C(=O)C(=O)N1CCC(C(=O)NC(CC(=O)O)C(=O)COc2c(F)c(F)cc(F)c2F)CC1)c1ccccc1C(C)(C)C. The molecule has 10 nitrogen and oxygen atoms in total. The van der Waals surface area contributed by atoms with Gasteiger partial charge in [-0.3, -0.25) is 24.0 Å². The van der Waals surface area contributed by atoms with Gasteiger partial charge in [0.05, 0.1) is 6.42 Å². The van der Waals surface area contributed by atoms with Gasteiger partial charge < -0.3 is 25.0 Å². The van der Waals surface area contributed by atoms with Crippen LogP contribution in [0, 0.1) is 29.2 Å². The van der Waals surface area contributed by atoms with Crippen molar-refractivity contribution in [2.45, 2.75) is 51.5 Å². The van der Waals surface area contributed by atoms with Gasteiger partial charge in [-0.1, -0.05) is 39.0 Å². The Balaban J connectivity index is 1.61. The summed E-state index contributed by atoms with van der Waals surface area (Å²) in [5.41, 5.74) is 1.15. The summed E-state index contributed by atoms with van der Waals surface area (Å²) in [6.45, 7) is 4.80. The number of hydrogen-bond donors (Lipinski definition) is 2. The zero-order valence-corrected chi connectivity index (χ0v) is 24.6. The van der Waals surface area contributed by atoms with Crippen LogP contribution in [0.5, 0.6) is 5.75 Å². The Labute approximate surface area is 250 Å². The van der Waals surface area contributed by atoms with Crippen molar-refractivity contribution in [3.05, 3.63) is 59.2 Å². The lowest BCUT2D eigenvalue weighted by molar-refractivity contribution is -0.146. The number of benzene rings is 2. The van der Waals surface area contributed by atoms with E-state index in [1.54, 1.807) is 12.1 Å². The van der Waals surface area contributed by atoms with Crippen molar-refractivity contribution < 1.29 is 51.4 Å². The number of nitrogens with one attached hydrogen (secondary N) is 1. The van der Waals surface area contributed by atoms with Crippen LogP contribution in [0.2, 0.25) is 0 Å². The fourth-order valence-electron chi connectivity index (χ4n) is 4.76. The number of para-hydroxylation sites is 1. The van der Waals surface area contributed by atoms with Gasteiger partial charge in [-0.05, 0) is 29.9 Å². The van der Waals surface area contributed by atoms with Gasteiger partial charge in [0.25, 0.3) is 0 Å². The van der Waals surface area contributed by atoms with E-state index in [1.807, 2.05) is 32.9 Å². The highest BCUT2D eigenvalue weighted by Gasteiger charge is 2.35. The number of likely N-dealkylation sites (tertiary alicyclic amines) is 1. The van der Waals surface area contributed by atoms with Crippen molar-refractivity contribution in [2.24, 2.45) is 5.92 Å². The Hall–Kier alpha value is -4.49. The number of anilines is 1. The molecule has 0 radical (unpaired) electrons. The number of halogens is 4. The van der Waals surface area contributed by atoms with Crippen LogP contribution in [0.3, 0.4) is 0 Å². The highest BCUT2D eigenvalue weighted by Crippen LogP contribution is 2.32. The van der Waals surface area contributed by atoms with Crippen LogP contribution < -0.4 is 15.0 Å². The number of rotatable bonds is 9. The average molecular weight is 624 g/mol. The van der Waals surface area contributed by atoms with Crippen LogP contribution in [0.4, 0.5) is 23.2 Å². The Kier molecular flexibility index (Phi) is 10.7. The van der Waals surface area contributed by atoms with Gasteiger partial charge in [-0.2, -0.15) is 8.78 Å². The average Bonchev–Trinajstić information content (AvgIpc) is 2.97. The van der Waals surface area contributed by atoms with E-state index in [4.69, 9.17) is 0 Å². The molecule has 1 atom stereocenters. The van der Waals surface area contributed by atoms with Gasteiger partial charge in [0, 0.05) is 37.8 Å². The van der Waals surface area contributed by atoms with Gasteiger partial charge >= 0.3 is 17.8 Å². The summed E-state index contributed by atoms with van der Waals surface area (Å²) in [4.78, 5) is 65.5. The number of piperidine rings is 1. The van der Waals surface area contributed by atoms with Crippen molar-refractivity contribution in [2.75, 3.05) is 31.6 Å². The minimum atomic E-state index is -1.89. The van der Waals surface area contributed by atoms with E-state index in [9.17, 15) is 46.6 Å². The Morgan fingerprint density at radius 3 is 2.14 bits per heavy atom. The molecule has 1 saturated heterocycles. The Morgan fingerprint density at radius 2 is 1.59 bits per heavy atom. The lowest BCUT2D eigenvalue weighted by Gasteiger charge is -2.33. The summed E-state index contributed by atoms with van der Waals surface area (Å²) < 4.78 is 59.2. The number of amides is 3. The predicted octanol–water partition coefficient (Wildman–Crippen LogP) is 3.35. The molecule has 1 unspecified atom stereocenters. The highest BCUT2D eigenvalue weighted by molar-refractivity contribution is 6.40. The quantitative estimate of drug-likeness (QED) is 0.249. The number of nitrogens with zero attached hydrogens (tertiary/aromatic N) is 2. The number of carboxylic acid groups (broad SMARTS) is 1. The fraction of sp³-hybridized carbons (Fsp3) is 0.433. The summed E-state index contributed by atoms with van der Waals surface area (Å²) >= 11 is 0. The second-order valence-electron chi connectivity index (χ2n) is 11.4. The molecule has 1 aliphatic rings. The zero-order valence-electron chi connectivity index (χ0n) is 24.6. The van der Waals surface area contributed by atoms with Crippen molar-refractivity contribution in [1.29, 1.82) is 0 Å². The van der Waals surface area contributed by atoms with Crippen molar-refractivity contribution in [3.8, 4) is 5.75 Å². The van der Waals surface area contributed by atoms with E-state index >= 15 is 0 Å². The zero-order chi connectivity index (χ0) is 32.9. The molecule has 44 heavy (non-hydrogen) atoms. The van der Waals surface area contributed by atoms with Crippen LogP contribution in [0.1, 0.15) is 45.6 Å². The number of carbonyl (C=O) groups excluding carboxylic acids is 4. The normalized spacial score (nSPS) is 14.5. The molecular formula is C30H33F4N3O7. The Morgan fingerprint density at radius 1 is 1.02 bits per heavy atom. The molecule has 0 saturated carbocycles. The van der Waals surface area contributed by atoms with E-state index in [0.29, 0.717) is 5.69 Å². The van der Waals surface area contributed by atoms with Crippen LogP contribution >= 0.6 is 0 Å². The lowest BCUT2D eigenvalue weighted by Crippen LogP contribution is -2.51. The Bertz CT molecular complexity index is 1430. The largest absolute Gasteiger partial charge is 0.481 e. The minimum absolute atomic E-state index is 0.0295. The maximum atomic E-state index is 13.9. The third-order valence-electron chi connectivity index (χ3n) is 7.23. The molecule has 0 spiro atoms. The summed E-state index contributed by atoms with van der Waals surface area (Å²) in [5.74, 6) is -14.4. The second kappa shape index (κ2) is 13.9. The monoisotopic (exact) mass is 623 g/mol. The van der Waals surface area contributed by atoms with E-state index in [1.165, 1.54) is 16.8 Å². The van der Waals surface area contributed by atoms with Crippen molar-refractivity contribution in [1.82, 2.24) is 10.2 Å². The summed E-state index contributed by atoms with van der Waals surface area (Å²) in [7, 11) is 1.50. The number of aliphatic carboxylic acids is 1. The number of likely N-dealkylation sites (N-methyl/N-ethyl adjacent to an activating group) is 1. The van der Waals surface area contributed by atoms with Gasteiger partial charge in [-0.15, -0.1) is 0 Å². The second-order valence-corrected chi connectivity index (χ2v) is 11.4. The molecule has 1 heterocycles. The first-order valence-corrected chi connectivity index (χ1v) is 13.7. The van der Waals surface area contributed by atoms with E-state index in [2.05, 4.69) is 10.1 Å². The van der Waals surface area contributed by atoms with Crippen LogP contribution in [0.15, 0.2) is 30.3 Å². The van der Waals surface area contributed by atoms with Gasteiger partial charge in [0.2, 0.25) is 17.5 Å². The number of ketones is 1. The molecule has 238 valence electrons. The predicted molar refractivity (Wildman–Crippen MR) is 149 cm³/mol. The summed E-state index contributed by atoms with van der Waals surface area (Å²) in [5, 5.41) is 11.5. The molecule has 2 aromatic rings. The molecule has 1 fully saturated rings. The lowest BCUT2D eigenvalue weighted by atomic mass is 9.85. The summed E-state index contributed by atoms with van der Waals surface area (Å²) in [6, 6.07) is 5.47. The van der Waals surface area contributed by atoms with E-state index in [0.717, 1.165) is 5.56 Å². The first kappa shape index (κ1) is 34.0. The molecule has 2 N–H and O–H groups in total. The van der Waals surface area contributed by atoms with Crippen molar-refractivity contribution >= 4 is 35.2 Å². The molecule has 1 aliphatic heterocycles. The first-order chi connectivity index (χ1) is 20.5. The standard InChI is InChI=1S/C30H33F4N3O7/c1-30(2,3)17-7-5-6-8-21(17)36(4)28(42)29(43)37-11-9-16(10-12-37)27(41)35-20(14-23(39)40)22(38)15-44-26-24(33)18(31)13-19(32)25(26)34/h5-8,13,16,20H,9-12,14-15H2,1-4H3,(H,35,41)(H,39,40). The van der Waals surface area contributed by atoms with E-state index in [-0.39, 0.29) is 37.4 Å². The molecule has 2 aromatic carbocycles. The van der Waals surface area contributed by atoms with Gasteiger partial charge in [-0.25, -0.2) is 8.78 Å². The first-order valence-electron chi connectivity index (χ1n) is 13.7. The number of carboxylic acids is 1. The number of hydrogen-bond acceptors (Lipinski definition) is 6. The molecule has 3 rings (SSSR count). The molecule has 0 aliphatic carbocycles. The number of Topliss-reactive ketones (excluding diaryl/α,β-unsaturated/α-hetero) is 1. The number of ether oxygens (including phenoxy) is 1. The maximum Gasteiger partial charge on any atom is 0.316 e. The van der Waals surface area contributed by atoms with Gasteiger partial charge in [0.15, 0.2) is 23.2 Å². The third-order valence-corrected chi connectivity index (χ3v) is 7.23. The molecule has 0 aromatic heterocycles. The smallest absolute Gasteiger partial charge is 0.316 e. The molecule has 14 heteroatoms. The van der Waals surface area contributed by atoms with Crippen molar-refractivity contribution in [3.63, 3.8) is 0 Å². The van der Waals surface area contributed by atoms with Crippen LogP contribution in [0.25, 0.3) is 0 Å². The van der Waals surface area contributed by atoms with E-state index < -0.39 is 83.5 Å². The molecule has 3 amide bonds. The van der Waals surface area contributed by atoms with Crippen LogP contribution in [-0.2, 0) is 29.4 Å². The number of carbonyl (C=O) groups is 5. The minimum Gasteiger partial charge on any atom is -0.481 e. The molecule has 0 bridgehead atoms. The highest BCUT2D eigenvalue weighted by atomic mass is 19.2. The topological polar surface area (TPSA) is 133 Å². The molecular weight excluding hydrogens is 590 g/mol. The van der Waals surface area contributed by atoms with Gasteiger partial charge in [0.1, 0.15) is 12.6 Å². The third kappa shape index (κ3) is 7.91.